The predicted molar refractivity (Wildman–Crippen MR) is 201 cm³/mol. The van der Waals surface area contributed by atoms with Crippen LogP contribution in [0.15, 0.2) is 72.7 Å². The summed E-state index contributed by atoms with van der Waals surface area (Å²) in [5, 5.41) is 0. The van der Waals surface area contributed by atoms with E-state index in [0.29, 0.717) is 3.57 Å². The molecule has 2 aliphatic carbocycles. The van der Waals surface area contributed by atoms with Gasteiger partial charge in [0.1, 0.15) is 23.3 Å². The first-order valence-corrected chi connectivity index (χ1v) is 15.7. The fraction of sp³-hybridized carbons (Fsp3) is 0.344. The largest absolute Gasteiger partial charge is 0.385 e. The maximum Gasteiger partial charge on any atom is 0.337 e. The molecule has 2 aromatic heterocycles. The van der Waals surface area contributed by atoms with Crippen molar-refractivity contribution in [1.82, 2.24) is 23.2 Å². The van der Waals surface area contributed by atoms with Crippen LogP contribution in [0.5, 0.6) is 0 Å². The molecule has 254 valence electrons. The Bertz CT molecular complexity index is 2030. The molecule has 2 heterocycles. The summed E-state index contributed by atoms with van der Waals surface area (Å²) in [5.74, 6) is -1.04. The van der Waals surface area contributed by atoms with Gasteiger partial charge in [-0.05, 0) is 107 Å². The molecule has 0 radical (unpaired) electrons. The molecule has 0 saturated heterocycles. The van der Waals surface area contributed by atoms with E-state index in [9.17, 15) is 28.0 Å². The highest BCUT2D eigenvalue weighted by atomic mass is 127. The molecule has 0 unspecified atom stereocenters. The van der Waals surface area contributed by atoms with E-state index in [1.807, 2.05) is 45.2 Å². The molecule has 0 aliphatic heterocycles. The summed E-state index contributed by atoms with van der Waals surface area (Å²) in [6.07, 6.45) is 4.61. The summed E-state index contributed by atoms with van der Waals surface area (Å²) in [6.45, 7) is 0. The van der Waals surface area contributed by atoms with Gasteiger partial charge < -0.3 is 10.6 Å². The highest BCUT2D eigenvalue weighted by Gasteiger charge is 2.30. The third-order valence-electron chi connectivity index (χ3n) is 6.83. The molecule has 2 N–H and O–H groups in total. The van der Waals surface area contributed by atoms with E-state index >= 15 is 0 Å². The van der Waals surface area contributed by atoms with Crippen LogP contribution >= 0.6 is 45.2 Å². The first-order chi connectivity index (χ1) is 20.9. The molecule has 2 aliphatic rings. The molecular weight excluding hydrogens is 838 g/mol. The van der Waals surface area contributed by atoms with Gasteiger partial charge >= 0.3 is 11.4 Å². The van der Waals surface area contributed by atoms with Gasteiger partial charge in [0, 0.05) is 45.5 Å². The number of nitrogen functional groups attached to an aromatic ring is 1. The van der Waals surface area contributed by atoms with Crippen LogP contribution in [0.4, 0.5) is 20.4 Å². The molecule has 11 nitrogen and oxygen atoms in total. The molecule has 15 heteroatoms. The van der Waals surface area contributed by atoms with Crippen molar-refractivity contribution in [1.29, 1.82) is 0 Å². The van der Waals surface area contributed by atoms with Gasteiger partial charge in [0.05, 0.1) is 17.7 Å². The zero-order valence-electron chi connectivity index (χ0n) is 23.6. The van der Waals surface area contributed by atoms with Crippen molar-refractivity contribution in [3.05, 3.63) is 109 Å². The molecule has 0 bridgehead atoms. The summed E-state index contributed by atoms with van der Waals surface area (Å²) < 4.78 is 34.4. The molecule has 0 spiro atoms. The van der Waals surface area contributed by atoms with E-state index in [4.69, 9.17) is 5.73 Å². The van der Waals surface area contributed by atoms with Crippen LogP contribution in [0.3, 0.4) is 0 Å². The average molecular weight is 878 g/mol. The van der Waals surface area contributed by atoms with Gasteiger partial charge in [-0.3, -0.25) is 18.7 Å². The number of anilines is 1. The lowest BCUT2D eigenvalue weighted by molar-refractivity contribution is 0.593. The third kappa shape index (κ3) is 8.65. The molecule has 6 rings (SSSR count). The van der Waals surface area contributed by atoms with Crippen LogP contribution < -0.4 is 28.2 Å². The maximum atomic E-state index is 14.4. The predicted octanol–water partition coefficient (Wildman–Crippen LogP) is 5.87. The quantitative estimate of drug-likeness (QED) is 0.147. The normalized spacial score (nSPS) is 13.5. The van der Waals surface area contributed by atoms with E-state index in [-0.39, 0.29) is 57.4 Å². The van der Waals surface area contributed by atoms with Crippen molar-refractivity contribution in [3.8, 4) is 11.4 Å². The number of hydrogen-bond acceptors (Lipinski definition) is 6. The fourth-order valence-corrected chi connectivity index (χ4v) is 5.43. The van der Waals surface area contributed by atoms with E-state index in [0.717, 1.165) is 49.0 Å². The number of hydrogen-bond donors (Lipinski definition) is 1. The zero-order valence-corrected chi connectivity index (χ0v) is 27.9. The van der Waals surface area contributed by atoms with Crippen LogP contribution in [0.2, 0.25) is 0 Å². The third-order valence-corrected chi connectivity index (χ3v) is 8.17. The van der Waals surface area contributed by atoms with Gasteiger partial charge in [-0.15, -0.1) is 0 Å². The lowest BCUT2D eigenvalue weighted by Crippen LogP contribution is -2.39. The van der Waals surface area contributed by atoms with Crippen LogP contribution in [0.25, 0.3) is 11.4 Å². The number of aliphatic imine (C=N–C) groups is 1. The lowest BCUT2D eigenvalue weighted by Gasteiger charge is -2.14. The summed E-state index contributed by atoms with van der Waals surface area (Å²) in [5.41, 5.74) is 3.89. The van der Waals surface area contributed by atoms with Crippen molar-refractivity contribution in [3.63, 3.8) is 0 Å². The highest BCUT2D eigenvalue weighted by molar-refractivity contribution is 14.1. The van der Waals surface area contributed by atoms with E-state index in [1.165, 1.54) is 41.2 Å². The fourth-order valence-electron chi connectivity index (χ4n) is 4.52. The Balaban J connectivity index is 0.000000311. The lowest BCUT2D eigenvalue weighted by atomic mass is 10.3. The van der Waals surface area contributed by atoms with Crippen molar-refractivity contribution >= 4 is 63.2 Å². The second-order valence-electron chi connectivity index (χ2n) is 10.6. The molecule has 2 saturated carbocycles. The molecule has 0 atom stereocenters. The van der Waals surface area contributed by atoms with Gasteiger partial charge in [-0.25, -0.2) is 32.5 Å². The van der Waals surface area contributed by atoms with Gasteiger partial charge in [-0.2, -0.15) is 0 Å². The first-order valence-electron chi connectivity index (χ1n) is 13.5. The van der Waals surface area contributed by atoms with Crippen LogP contribution in [-0.2, 0) is 0 Å². The Hall–Kier alpha value is -3.61. The van der Waals surface area contributed by atoms with E-state index in [2.05, 4.69) is 4.99 Å². The van der Waals surface area contributed by atoms with Crippen LogP contribution in [0.1, 0.15) is 60.0 Å². The van der Waals surface area contributed by atoms with Crippen molar-refractivity contribution in [2.75, 3.05) is 19.8 Å². The number of aromatic nitrogens is 4. The van der Waals surface area contributed by atoms with Gasteiger partial charge in [-0.1, -0.05) is 22.3 Å². The molecular formula is C32H39F2I2N7O4. The first kappa shape index (κ1) is 39.6. The Morgan fingerprint density at radius 2 is 1.17 bits per heavy atom. The maximum absolute atomic E-state index is 14.4. The van der Waals surface area contributed by atoms with Crippen molar-refractivity contribution < 1.29 is 8.78 Å². The minimum Gasteiger partial charge on any atom is -0.385 e. The summed E-state index contributed by atoms with van der Waals surface area (Å²) in [6, 6.07) is 11.3. The topological polar surface area (TPSA) is 130 Å². The summed E-state index contributed by atoms with van der Waals surface area (Å²) >= 11 is 3.98. The second kappa shape index (κ2) is 16.0. The minimum absolute atomic E-state index is 0. The molecule has 47 heavy (non-hydrogen) atoms. The van der Waals surface area contributed by atoms with E-state index in [1.54, 1.807) is 31.1 Å². The molecule has 2 aromatic carbocycles. The van der Waals surface area contributed by atoms with Gasteiger partial charge in [0.15, 0.2) is 0 Å². The van der Waals surface area contributed by atoms with E-state index < -0.39 is 34.1 Å². The second-order valence-corrected chi connectivity index (χ2v) is 13.1. The van der Waals surface area contributed by atoms with Crippen LogP contribution in [-0.4, -0.2) is 43.6 Å². The number of halogens is 4. The molecule has 4 aromatic rings. The monoisotopic (exact) mass is 877 g/mol. The smallest absolute Gasteiger partial charge is 0.337 e. The SMILES string of the molecule is C.C.C.CN(C)C=Nc1cc(=O)n(C2CC2)c(=O)n1-c1ccc(I)cc1F.Nc1cc(=O)n(C2CC2)c(=O)n1-c1ccc(I)cc1F. The molecule has 2 fully saturated rings. The highest BCUT2D eigenvalue weighted by Crippen LogP contribution is 2.33. The Kier molecular flexibility index (Phi) is 13.5. The Morgan fingerprint density at radius 3 is 1.60 bits per heavy atom. The summed E-state index contributed by atoms with van der Waals surface area (Å²) in [4.78, 5) is 55.2. The summed E-state index contributed by atoms with van der Waals surface area (Å²) in [7, 11) is 3.53. The standard InChI is InChI=1S/C16H16FIN4O2.C13H11FIN3O2.3CH4/c1-20(2)9-19-14-8-15(23)21(11-4-5-11)16(24)22(14)13-6-3-10(18)7-12(13)17;14-9-5-7(15)1-4-10(9)18-11(16)6-12(19)17(13(18)20)8-2-3-8;;;/h3,6-9,11H,4-5H2,1-2H3;1,4-6,8H,2-3,16H2;3*1H4. The Morgan fingerprint density at radius 1 is 0.745 bits per heavy atom. The Labute approximate surface area is 298 Å². The zero-order chi connectivity index (χ0) is 31.9. The minimum atomic E-state index is -0.586. The van der Waals surface area contributed by atoms with Gasteiger partial charge in [0.25, 0.3) is 11.1 Å². The van der Waals surface area contributed by atoms with Gasteiger partial charge in [0.2, 0.25) is 0 Å². The number of nitrogens with zero attached hydrogens (tertiary/aromatic N) is 6. The number of benzene rings is 2. The number of rotatable bonds is 6. The van der Waals surface area contributed by atoms with Crippen molar-refractivity contribution in [2.24, 2.45) is 4.99 Å². The molecule has 0 amide bonds. The number of nitrogens with two attached hydrogens (primary N) is 1. The van der Waals surface area contributed by atoms with Crippen molar-refractivity contribution in [2.45, 2.75) is 60.0 Å². The average Bonchev–Trinajstić information content (AvgIpc) is 3.85. The van der Waals surface area contributed by atoms with Crippen LogP contribution in [0, 0.1) is 18.8 Å².